The Morgan fingerprint density at radius 1 is 1.17 bits per heavy atom. The Kier molecular flexibility index (Phi) is 6.81. The zero-order valence-corrected chi connectivity index (χ0v) is 18.2. The van der Waals surface area contributed by atoms with Crippen LogP contribution in [-0.2, 0) is 11.3 Å². The quantitative estimate of drug-likeness (QED) is 0.642. The SMILES string of the molecule is CCN1CCN([C@@H](c2cc(OC)ccc2OC)c2nnnn2C[C@@H]2CCCO2)CC1. The summed E-state index contributed by atoms with van der Waals surface area (Å²) in [6, 6.07) is 5.80. The summed E-state index contributed by atoms with van der Waals surface area (Å²) in [7, 11) is 3.38. The maximum atomic E-state index is 5.84. The van der Waals surface area contributed by atoms with Gasteiger partial charge in [0.25, 0.3) is 0 Å². The predicted molar refractivity (Wildman–Crippen MR) is 112 cm³/mol. The van der Waals surface area contributed by atoms with Crippen molar-refractivity contribution in [3.8, 4) is 11.5 Å². The minimum atomic E-state index is -0.120. The summed E-state index contributed by atoms with van der Waals surface area (Å²) in [6.07, 6.45) is 2.30. The first-order chi connectivity index (χ1) is 14.7. The smallest absolute Gasteiger partial charge is 0.173 e. The standard InChI is InChI=1S/C21H32N6O3/c1-4-25-9-11-26(12-10-25)20(18-14-16(28-2)7-8-19(18)29-3)21-22-23-24-27(21)15-17-6-5-13-30-17/h7-8,14,17,20H,4-6,9-13,15H2,1-3H3/t17-,20-/m0/s1. The number of tetrazole rings is 1. The van der Waals surface area contributed by atoms with Crippen molar-refractivity contribution in [2.24, 2.45) is 0 Å². The van der Waals surface area contributed by atoms with Crippen molar-refractivity contribution in [2.45, 2.75) is 38.5 Å². The second-order valence-electron chi connectivity index (χ2n) is 7.83. The third-order valence-electron chi connectivity index (χ3n) is 6.16. The van der Waals surface area contributed by atoms with Gasteiger partial charge in [-0.15, -0.1) is 5.10 Å². The molecule has 1 aromatic carbocycles. The van der Waals surface area contributed by atoms with Crippen LogP contribution in [0.3, 0.4) is 0 Å². The van der Waals surface area contributed by atoms with E-state index in [1.54, 1.807) is 14.2 Å². The number of aromatic nitrogens is 4. The lowest BCUT2D eigenvalue weighted by Gasteiger charge is -2.39. The van der Waals surface area contributed by atoms with Gasteiger partial charge in [0.15, 0.2) is 5.82 Å². The van der Waals surface area contributed by atoms with Crippen LogP contribution in [0, 0.1) is 0 Å². The second-order valence-corrected chi connectivity index (χ2v) is 7.83. The number of rotatable bonds is 8. The lowest BCUT2D eigenvalue weighted by molar-refractivity contribution is 0.0858. The number of nitrogens with zero attached hydrogens (tertiary/aromatic N) is 6. The molecule has 0 N–H and O–H groups in total. The minimum absolute atomic E-state index is 0.120. The molecule has 2 aliphatic heterocycles. The van der Waals surface area contributed by atoms with Crippen LogP contribution in [0.4, 0.5) is 0 Å². The molecule has 0 aliphatic carbocycles. The van der Waals surface area contributed by atoms with Gasteiger partial charge < -0.3 is 19.1 Å². The monoisotopic (exact) mass is 416 g/mol. The third kappa shape index (κ3) is 4.43. The maximum absolute atomic E-state index is 5.84. The summed E-state index contributed by atoms with van der Waals surface area (Å²) in [5, 5.41) is 12.8. The lowest BCUT2D eigenvalue weighted by Crippen LogP contribution is -2.48. The molecule has 0 unspecified atom stereocenters. The molecule has 164 valence electrons. The van der Waals surface area contributed by atoms with Gasteiger partial charge in [-0.3, -0.25) is 4.90 Å². The average Bonchev–Trinajstić information content (AvgIpc) is 3.47. The fraction of sp³-hybridized carbons (Fsp3) is 0.667. The van der Waals surface area contributed by atoms with Crippen molar-refractivity contribution in [1.82, 2.24) is 30.0 Å². The van der Waals surface area contributed by atoms with Gasteiger partial charge in [0.1, 0.15) is 17.5 Å². The zero-order chi connectivity index (χ0) is 20.9. The minimum Gasteiger partial charge on any atom is -0.497 e. The van der Waals surface area contributed by atoms with Crippen LogP contribution in [0.25, 0.3) is 0 Å². The first kappa shape index (κ1) is 21.0. The molecular weight excluding hydrogens is 384 g/mol. The van der Waals surface area contributed by atoms with Gasteiger partial charge in [0.2, 0.25) is 0 Å². The van der Waals surface area contributed by atoms with Crippen LogP contribution in [-0.4, -0.2) is 89.7 Å². The van der Waals surface area contributed by atoms with E-state index in [-0.39, 0.29) is 12.1 Å². The molecule has 30 heavy (non-hydrogen) atoms. The molecule has 9 nitrogen and oxygen atoms in total. The highest BCUT2D eigenvalue weighted by molar-refractivity contribution is 5.44. The summed E-state index contributed by atoms with van der Waals surface area (Å²) in [5.41, 5.74) is 1.02. The first-order valence-corrected chi connectivity index (χ1v) is 10.8. The fourth-order valence-corrected chi connectivity index (χ4v) is 4.41. The molecule has 3 heterocycles. The fourth-order valence-electron chi connectivity index (χ4n) is 4.41. The molecule has 9 heteroatoms. The Hall–Kier alpha value is -2.23. The van der Waals surface area contributed by atoms with Crippen molar-refractivity contribution < 1.29 is 14.2 Å². The number of benzene rings is 1. The largest absolute Gasteiger partial charge is 0.497 e. The molecule has 2 aliphatic rings. The van der Waals surface area contributed by atoms with E-state index in [2.05, 4.69) is 32.2 Å². The van der Waals surface area contributed by atoms with Gasteiger partial charge in [-0.05, 0) is 48.0 Å². The maximum Gasteiger partial charge on any atom is 0.173 e. The molecule has 1 aromatic heterocycles. The predicted octanol–water partition coefficient (Wildman–Crippen LogP) is 1.60. The summed E-state index contributed by atoms with van der Waals surface area (Å²) < 4.78 is 19.0. The van der Waals surface area contributed by atoms with E-state index in [0.717, 1.165) is 75.1 Å². The van der Waals surface area contributed by atoms with Crippen LogP contribution in [0.1, 0.15) is 37.2 Å². The lowest BCUT2D eigenvalue weighted by atomic mass is 10.0. The molecular formula is C21H32N6O3. The third-order valence-corrected chi connectivity index (χ3v) is 6.16. The molecule has 4 rings (SSSR count). The van der Waals surface area contributed by atoms with Crippen molar-refractivity contribution in [3.63, 3.8) is 0 Å². The van der Waals surface area contributed by atoms with Crippen LogP contribution >= 0.6 is 0 Å². The van der Waals surface area contributed by atoms with E-state index in [1.165, 1.54) is 0 Å². The Balaban J connectivity index is 1.71. The van der Waals surface area contributed by atoms with Gasteiger partial charge in [-0.25, -0.2) is 4.68 Å². The molecule has 2 atom stereocenters. The van der Waals surface area contributed by atoms with Crippen LogP contribution in [0.15, 0.2) is 18.2 Å². The van der Waals surface area contributed by atoms with Gasteiger partial charge in [0, 0.05) is 38.3 Å². The van der Waals surface area contributed by atoms with Crippen molar-refractivity contribution in [1.29, 1.82) is 0 Å². The Morgan fingerprint density at radius 2 is 2.00 bits per heavy atom. The summed E-state index contributed by atoms with van der Waals surface area (Å²) in [4.78, 5) is 4.91. The summed E-state index contributed by atoms with van der Waals surface area (Å²) >= 11 is 0. The Labute approximate surface area is 177 Å². The van der Waals surface area contributed by atoms with Crippen LogP contribution in [0.5, 0.6) is 11.5 Å². The molecule has 0 radical (unpaired) electrons. The molecule has 0 amide bonds. The van der Waals surface area contributed by atoms with E-state index >= 15 is 0 Å². The van der Waals surface area contributed by atoms with Gasteiger partial charge in [-0.1, -0.05) is 6.92 Å². The van der Waals surface area contributed by atoms with E-state index in [1.807, 2.05) is 22.9 Å². The topological polar surface area (TPSA) is 77.8 Å². The summed E-state index contributed by atoms with van der Waals surface area (Å²) in [6.45, 7) is 8.67. The van der Waals surface area contributed by atoms with Crippen molar-refractivity contribution >= 4 is 0 Å². The number of piperazine rings is 1. The molecule has 2 aromatic rings. The highest BCUT2D eigenvalue weighted by Gasteiger charge is 2.33. The molecule has 0 spiro atoms. The number of methoxy groups -OCH3 is 2. The van der Waals surface area contributed by atoms with Crippen LogP contribution in [0.2, 0.25) is 0 Å². The Morgan fingerprint density at radius 3 is 2.67 bits per heavy atom. The van der Waals surface area contributed by atoms with Crippen molar-refractivity contribution in [3.05, 3.63) is 29.6 Å². The van der Waals surface area contributed by atoms with E-state index in [0.29, 0.717) is 6.54 Å². The molecule has 0 saturated carbocycles. The summed E-state index contributed by atoms with van der Waals surface area (Å²) in [5.74, 6) is 2.42. The molecule has 0 bridgehead atoms. The molecule has 2 fully saturated rings. The number of hydrogen-bond acceptors (Lipinski definition) is 8. The second kappa shape index (κ2) is 9.72. The number of likely N-dealkylation sites (N-methyl/N-ethyl adjacent to an activating group) is 1. The van der Waals surface area contributed by atoms with E-state index in [4.69, 9.17) is 14.2 Å². The van der Waals surface area contributed by atoms with Crippen molar-refractivity contribution in [2.75, 3.05) is 53.6 Å². The molecule has 2 saturated heterocycles. The van der Waals surface area contributed by atoms with Gasteiger partial charge in [-0.2, -0.15) is 0 Å². The van der Waals surface area contributed by atoms with Crippen LogP contribution < -0.4 is 9.47 Å². The number of ether oxygens (including phenoxy) is 3. The average molecular weight is 417 g/mol. The highest BCUT2D eigenvalue weighted by Crippen LogP contribution is 2.36. The highest BCUT2D eigenvalue weighted by atomic mass is 16.5. The first-order valence-electron chi connectivity index (χ1n) is 10.8. The van der Waals surface area contributed by atoms with Gasteiger partial charge >= 0.3 is 0 Å². The van der Waals surface area contributed by atoms with Gasteiger partial charge in [0.05, 0.1) is 26.9 Å². The normalized spacial score (nSPS) is 21.6. The zero-order valence-electron chi connectivity index (χ0n) is 18.2. The number of hydrogen-bond donors (Lipinski definition) is 0. The van der Waals surface area contributed by atoms with E-state index in [9.17, 15) is 0 Å². The van der Waals surface area contributed by atoms with E-state index < -0.39 is 0 Å². The Bertz CT molecular complexity index is 815.